The second-order valence-corrected chi connectivity index (χ2v) is 4.70. The zero-order valence-electron chi connectivity index (χ0n) is 8.76. The number of carbonyl (C=O) groups is 1. The van der Waals surface area contributed by atoms with E-state index in [4.69, 9.17) is 18.0 Å². The average molecular weight is 301 g/mol. The largest absolute Gasteiger partial charge is 0.349 e. The van der Waals surface area contributed by atoms with Gasteiger partial charge in [0.05, 0.1) is 5.56 Å². The second kappa shape index (κ2) is 5.93. The van der Waals surface area contributed by atoms with Crippen LogP contribution in [0.25, 0.3) is 0 Å². The molecule has 1 atom stereocenters. The SMILES string of the molecule is C#CCC(C)NC(=O)c1ccc(Cl)cc1Br. The van der Waals surface area contributed by atoms with Crippen molar-refractivity contribution in [3.05, 3.63) is 33.3 Å². The number of amides is 1. The van der Waals surface area contributed by atoms with E-state index in [0.717, 1.165) is 0 Å². The van der Waals surface area contributed by atoms with Crippen molar-refractivity contribution in [1.82, 2.24) is 5.32 Å². The van der Waals surface area contributed by atoms with Gasteiger partial charge in [-0.25, -0.2) is 0 Å². The molecule has 0 fully saturated rings. The number of halogens is 2. The van der Waals surface area contributed by atoms with Crippen LogP contribution in [0.15, 0.2) is 22.7 Å². The maximum Gasteiger partial charge on any atom is 0.252 e. The molecule has 1 aromatic carbocycles. The number of carbonyl (C=O) groups excluding carboxylic acids is 1. The summed E-state index contributed by atoms with van der Waals surface area (Å²) in [7, 11) is 0. The lowest BCUT2D eigenvalue weighted by Crippen LogP contribution is -2.32. The minimum atomic E-state index is -0.161. The normalized spacial score (nSPS) is 11.6. The summed E-state index contributed by atoms with van der Waals surface area (Å²) in [4.78, 5) is 11.8. The molecule has 0 saturated carbocycles. The van der Waals surface area contributed by atoms with E-state index in [1.165, 1.54) is 0 Å². The Morgan fingerprint density at radius 3 is 2.94 bits per heavy atom. The third kappa shape index (κ3) is 3.55. The third-order valence-electron chi connectivity index (χ3n) is 1.98. The van der Waals surface area contributed by atoms with E-state index in [2.05, 4.69) is 27.2 Å². The number of rotatable bonds is 3. The van der Waals surface area contributed by atoms with Gasteiger partial charge in [-0.3, -0.25) is 4.79 Å². The van der Waals surface area contributed by atoms with Gasteiger partial charge in [-0.15, -0.1) is 12.3 Å². The standard InChI is InChI=1S/C12H11BrClNO/c1-3-4-8(2)15-12(16)10-6-5-9(14)7-11(10)13/h1,5-8H,4H2,2H3,(H,15,16). The highest BCUT2D eigenvalue weighted by molar-refractivity contribution is 9.10. The molecule has 16 heavy (non-hydrogen) atoms. The number of nitrogens with one attached hydrogen (secondary N) is 1. The van der Waals surface area contributed by atoms with Gasteiger partial charge in [0, 0.05) is 22.0 Å². The van der Waals surface area contributed by atoms with Crippen LogP contribution in [0.4, 0.5) is 0 Å². The summed E-state index contributed by atoms with van der Waals surface area (Å²) in [6.45, 7) is 1.86. The molecule has 0 aliphatic rings. The van der Waals surface area contributed by atoms with Gasteiger partial charge in [-0.1, -0.05) is 11.6 Å². The molecule has 1 N–H and O–H groups in total. The monoisotopic (exact) mass is 299 g/mol. The number of hydrogen-bond acceptors (Lipinski definition) is 1. The van der Waals surface area contributed by atoms with Crippen LogP contribution in [0.1, 0.15) is 23.7 Å². The van der Waals surface area contributed by atoms with E-state index < -0.39 is 0 Å². The predicted octanol–water partition coefficient (Wildman–Crippen LogP) is 3.24. The molecular formula is C12H11BrClNO. The lowest BCUT2D eigenvalue weighted by molar-refractivity contribution is 0.0940. The maximum atomic E-state index is 11.8. The van der Waals surface area contributed by atoms with Gasteiger partial charge in [0.25, 0.3) is 5.91 Å². The van der Waals surface area contributed by atoms with Gasteiger partial charge in [0.1, 0.15) is 0 Å². The molecule has 0 aromatic heterocycles. The van der Waals surface area contributed by atoms with Crippen molar-refractivity contribution in [3.63, 3.8) is 0 Å². The summed E-state index contributed by atoms with van der Waals surface area (Å²) >= 11 is 9.08. The van der Waals surface area contributed by atoms with Crippen LogP contribution < -0.4 is 5.32 Å². The summed E-state index contributed by atoms with van der Waals surface area (Å²) in [5.74, 6) is 2.34. The molecule has 1 rings (SSSR count). The van der Waals surface area contributed by atoms with E-state index >= 15 is 0 Å². The topological polar surface area (TPSA) is 29.1 Å². The van der Waals surface area contributed by atoms with E-state index in [0.29, 0.717) is 21.5 Å². The first kappa shape index (κ1) is 13.1. The number of benzene rings is 1. The highest BCUT2D eigenvalue weighted by atomic mass is 79.9. The van der Waals surface area contributed by atoms with Crippen molar-refractivity contribution in [3.8, 4) is 12.3 Å². The predicted molar refractivity (Wildman–Crippen MR) is 69.5 cm³/mol. The molecule has 1 unspecified atom stereocenters. The van der Waals surface area contributed by atoms with Crippen LogP contribution in [0.5, 0.6) is 0 Å². The fourth-order valence-corrected chi connectivity index (χ4v) is 2.07. The molecule has 0 saturated heterocycles. The Hall–Kier alpha value is -0.980. The van der Waals surface area contributed by atoms with E-state index in [1.807, 2.05) is 6.92 Å². The molecule has 0 aliphatic carbocycles. The van der Waals surface area contributed by atoms with Crippen LogP contribution in [0.3, 0.4) is 0 Å². The lowest BCUT2D eigenvalue weighted by Gasteiger charge is -2.11. The van der Waals surface area contributed by atoms with Crippen LogP contribution in [-0.4, -0.2) is 11.9 Å². The fraction of sp³-hybridized carbons (Fsp3) is 0.250. The Balaban J connectivity index is 2.78. The lowest BCUT2D eigenvalue weighted by atomic mass is 10.2. The van der Waals surface area contributed by atoms with E-state index in [-0.39, 0.29) is 11.9 Å². The van der Waals surface area contributed by atoms with E-state index in [9.17, 15) is 4.79 Å². The van der Waals surface area contributed by atoms with Gasteiger partial charge in [-0.05, 0) is 41.1 Å². The summed E-state index contributed by atoms with van der Waals surface area (Å²) in [5.41, 5.74) is 0.549. The van der Waals surface area contributed by atoms with Gasteiger partial charge in [0.15, 0.2) is 0 Å². The summed E-state index contributed by atoms with van der Waals surface area (Å²) in [6, 6.07) is 4.99. The molecular weight excluding hydrogens is 289 g/mol. The van der Waals surface area contributed by atoms with Gasteiger partial charge in [0.2, 0.25) is 0 Å². The van der Waals surface area contributed by atoms with Crippen LogP contribution >= 0.6 is 27.5 Å². The molecule has 0 heterocycles. The molecule has 0 radical (unpaired) electrons. The smallest absolute Gasteiger partial charge is 0.252 e. The van der Waals surface area contributed by atoms with Gasteiger partial charge < -0.3 is 5.32 Å². The summed E-state index contributed by atoms with van der Waals surface area (Å²) < 4.78 is 0.672. The zero-order chi connectivity index (χ0) is 12.1. The Morgan fingerprint density at radius 2 is 2.38 bits per heavy atom. The van der Waals surface area contributed by atoms with Gasteiger partial charge in [-0.2, -0.15) is 0 Å². The first-order valence-corrected chi connectivity index (χ1v) is 5.91. The molecule has 1 amide bonds. The molecule has 0 spiro atoms. The third-order valence-corrected chi connectivity index (χ3v) is 2.87. The van der Waals surface area contributed by atoms with Crippen molar-refractivity contribution in [2.75, 3.05) is 0 Å². The van der Waals surface area contributed by atoms with Crippen LogP contribution in [-0.2, 0) is 0 Å². The van der Waals surface area contributed by atoms with Crippen LogP contribution in [0.2, 0.25) is 5.02 Å². The molecule has 0 aliphatic heterocycles. The highest BCUT2D eigenvalue weighted by Crippen LogP contribution is 2.21. The second-order valence-electron chi connectivity index (χ2n) is 3.41. The van der Waals surface area contributed by atoms with E-state index in [1.54, 1.807) is 18.2 Å². The molecule has 2 nitrogen and oxygen atoms in total. The van der Waals surface area contributed by atoms with Crippen molar-refractivity contribution in [1.29, 1.82) is 0 Å². The highest BCUT2D eigenvalue weighted by Gasteiger charge is 2.12. The Labute approximate surface area is 109 Å². The minimum Gasteiger partial charge on any atom is -0.349 e. The minimum absolute atomic E-state index is 0.0416. The quantitative estimate of drug-likeness (QED) is 0.853. The maximum absolute atomic E-state index is 11.8. The van der Waals surface area contributed by atoms with Gasteiger partial charge >= 0.3 is 0 Å². The Kier molecular flexibility index (Phi) is 4.85. The number of hydrogen-bond donors (Lipinski definition) is 1. The zero-order valence-corrected chi connectivity index (χ0v) is 11.1. The molecule has 84 valence electrons. The van der Waals surface area contributed by atoms with Crippen molar-refractivity contribution < 1.29 is 4.79 Å². The van der Waals surface area contributed by atoms with Crippen molar-refractivity contribution >= 4 is 33.4 Å². The summed E-state index contributed by atoms with van der Waals surface area (Å²) in [5, 5.41) is 3.39. The average Bonchev–Trinajstić information content (AvgIpc) is 2.17. The Bertz CT molecular complexity index is 439. The number of terminal acetylenes is 1. The van der Waals surface area contributed by atoms with Crippen molar-refractivity contribution in [2.45, 2.75) is 19.4 Å². The Morgan fingerprint density at radius 1 is 1.69 bits per heavy atom. The molecule has 1 aromatic rings. The molecule has 4 heteroatoms. The van der Waals surface area contributed by atoms with Crippen molar-refractivity contribution in [2.24, 2.45) is 0 Å². The first-order valence-electron chi connectivity index (χ1n) is 4.74. The fourth-order valence-electron chi connectivity index (χ4n) is 1.20. The summed E-state index contributed by atoms with van der Waals surface area (Å²) in [6.07, 6.45) is 5.68. The first-order chi connectivity index (χ1) is 7.54. The molecule has 0 bridgehead atoms. The van der Waals surface area contributed by atoms with Crippen LogP contribution in [0, 0.1) is 12.3 Å².